The van der Waals surface area contributed by atoms with E-state index in [0.717, 1.165) is 12.1 Å². The standard InChI is InChI=1S/C21H24N4O13S2/c26-5-1-22(2-6-27)39(35,36)13-9-15-19(17(11-13)24(31)32)20-16(21(15)30)10-14(12-18(20)25(33)34)40(37,38)23(3-7-28)4-8-29/h9-12,26-29H,1-8H2. The summed E-state index contributed by atoms with van der Waals surface area (Å²) < 4.78 is 53.9. The number of carbonyl (C=O) groups excluding carboxylic acids is 1. The van der Waals surface area contributed by atoms with Gasteiger partial charge in [0, 0.05) is 49.4 Å². The number of fused-ring (bicyclic) bond motifs is 3. The monoisotopic (exact) mass is 604 g/mol. The Kier molecular flexibility index (Phi) is 9.31. The number of nitro benzene ring substituents is 2. The average molecular weight is 605 g/mol. The highest BCUT2D eigenvalue weighted by Gasteiger charge is 2.42. The van der Waals surface area contributed by atoms with E-state index in [1.54, 1.807) is 0 Å². The molecule has 0 radical (unpaired) electrons. The minimum absolute atomic E-state index is 0.493. The molecule has 1 aliphatic rings. The maximum Gasteiger partial charge on any atom is 0.279 e. The number of rotatable bonds is 14. The molecule has 0 heterocycles. The molecule has 0 saturated heterocycles. The van der Waals surface area contributed by atoms with Crippen LogP contribution >= 0.6 is 0 Å². The second-order valence-corrected chi connectivity index (χ2v) is 12.2. The molecule has 4 N–H and O–H groups in total. The lowest BCUT2D eigenvalue weighted by atomic mass is 10.0. The highest BCUT2D eigenvalue weighted by Crippen LogP contribution is 2.49. The summed E-state index contributed by atoms with van der Waals surface area (Å²) in [7, 11) is -9.25. The van der Waals surface area contributed by atoms with Crippen molar-refractivity contribution >= 4 is 37.2 Å². The van der Waals surface area contributed by atoms with Crippen molar-refractivity contribution in [3.05, 3.63) is 55.6 Å². The van der Waals surface area contributed by atoms with Crippen molar-refractivity contribution in [3.63, 3.8) is 0 Å². The lowest BCUT2D eigenvalue weighted by Crippen LogP contribution is -2.36. The lowest BCUT2D eigenvalue weighted by Gasteiger charge is -2.20. The first kappa shape index (κ1) is 31.1. The van der Waals surface area contributed by atoms with E-state index in [1.165, 1.54) is 0 Å². The summed E-state index contributed by atoms with van der Waals surface area (Å²) in [5, 5.41) is 60.9. The highest BCUT2D eigenvalue weighted by atomic mass is 32.2. The van der Waals surface area contributed by atoms with Crippen molar-refractivity contribution in [3.8, 4) is 11.1 Å². The molecule has 0 atom stereocenters. The molecule has 0 aromatic heterocycles. The fraction of sp³-hybridized carbons (Fsp3) is 0.381. The highest BCUT2D eigenvalue weighted by molar-refractivity contribution is 7.89. The first-order valence-electron chi connectivity index (χ1n) is 11.4. The maximum absolute atomic E-state index is 13.4. The van der Waals surface area contributed by atoms with Crippen molar-refractivity contribution in [2.45, 2.75) is 9.79 Å². The molecule has 0 spiro atoms. The Morgan fingerprint density at radius 1 is 0.625 bits per heavy atom. The summed E-state index contributed by atoms with van der Waals surface area (Å²) in [6.45, 7) is -4.63. The van der Waals surface area contributed by atoms with E-state index in [2.05, 4.69) is 0 Å². The van der Waals surface area contributed by atoms with Crippen LogP contribution in [0.25, 0.3) is 11.1 Å². The van der Waals surface area contributed by atoms with Crippen LogP contribution < -0.4 is 0 Å². The molecule has 3 rings (SSSR count). The normalized spacial score (nSPS) is 13.1. The van der Waals surface area contributed by atoms with Crippen LogP contribution in [0.3, 0.4) is 0 Å². The molecule has 0 unspecified atom stereocenters. The van der Waals surface area contributed by atoms with Gasteiger partial charge in [-0.25, -0.2) is 16.8 Å². The topological polar surface area (TPSA) is 259 Å². The third kappa shape index (κ3) is 5.45. The Morgan fingerprint density at radius 3 is 1.18 bits per heavy atom. The largest absolute Gasteiger partial charge is 0.395 e. The molecular weight excluding hydrogens is 580 g/mol. The van der Waals surface area contributed by atoms with Crippen LogP contribution in [0.4, 0.5) is 11.4 Å². The third-order valence-electron chi connectivity index (χ3n) is 5.99. The van der Waals surface area contributed by atoms with Crippen LogP contribution in [0.5, 0.6) is 0 Å². The smallest absolute Gasteiger partial charge is 0.279 e. The van der Waals surface area contributed by atoms with Crippen molar-refractivity contribution < 1.29 is 51.9 Å². The third-order valence-corrected chi connectivity index (χ3v) is 9.74. The van der Waals surface area contributed by atoms with Crippen LogP contribution in [0, 0.1) is 20.2 Å². The van der Waals surface area contributed by atoms with Gasteiger partial charge in [-0.2, -0.15) is 8.61 Å². The van der Waals surface area contributed by atoms with Gasteiger partial charge >= 0.3 is 0 Å². The van der Waals surface area contributed by atoms with E-state index in [0.29, 0.717) is 20.7 Å². The minimum Gasteiger partial charge on any atom is -0.395 e. The van der Waals surface area contributed by atoms with Crippen LogP contribution in [0.2, 0.25) is 0 Å². The van der Waals surface area contributed by atoms with E-state index >= 15 is 0 Å². The number of hydrogen-bond acceptors (Lipinski definition) is 13. The summed E-state index contributed by atoms with van der Waals surface area (Å²) in [5.74, 6) is -1.13. The summed E-state index contributed by atoms with van der Waals surface area (Å²) in [4.78, 5) is 33.8. The van der Waals surface area contributed by atoms with Gasteiger partial charge in [-0.1, -0.05) is 0 Å². The van der Waals surface area contributed by atoms with E-state index in [-0.39, 0.29) is 0 Å². The van der Waals surface area contributed by atoms with E-state index < -0.39 is 132 Å². The van der Waals surface area contributed by atoms with Crippen molar-refractivity contribution in [2.75, 3.05) is 52.6 Å². The quantitative estimate of drug-likeness (QED) is 0.123. The first-order chi connectivity index (χ1) is 18.8. The predicted molar refractivity (Wildman–Crippen MR) is 134 cm³/mol. The van der Waals surface area contributed by atoms with Gasteiger partial charge in [-0.05, 0) is 12.1 Å². The van der Waals surface area contributed by atoms with E-state index in [4.69, 9.17) is 0 Å². The number of ketones is 1. The molecule has 40 heavy (non-hydrogen) atoms. The molecule has 17 nitrogen and oxygen atoms in total. The Balaban J connectivity index is 2.34. The van der Waals surface area contributed by atoms with Gasteiger partial charge in [0.25, 0.3) is 11.4 Å². The molecule has 0 saturated carbocycles. The molecule has 0 fully saturated rings. The fourth-order valence-electron chi connectivity index (χ4n) is 4.27. The van der Waals surface area contributed by atoms with Gasteiger partial charge in [-0.15, -0.1) is 0 Å². The molecule has 2 aromatic rings. The SMILES string of the molecule is O=C1c2cc(S(=O)(=O)N(CCO)CCO)cc([N+](=O)[O-])c2-c2c1cc(S(=O)(=O)N(CCO)CCO)cc2[N+](=O)[O-]. The molecular formula is C21H24N4O13S2. The second-order valence-electron chi connectivity index (χ2n) is 8.28. The Bertz CT molecular complexity index is 1450. The molecule has 218 valence electrons. The number of nitro groups is 2. The van der Waals surface area contributed by atoms with E-state index in [1.807, 2.05) is 0 Å². The van der Waals surface area contributed by atoms with Gasteiger partial charge in [0.05, 0.1) is 57.2 Å². The Labute approximate surface area is 226 Å². The van der Waals surface area contributed by atoms with Crippen LogP contribution in [-0.4, -0.2) is 114 Å². The summed E-state index contributed by atoms with van der Waals surface area (Å²) in [6, 6.07) is 2.67. The first-order valence-corrected chi connectivity index (χ1v) is 14.3. The summed E-state index contributed by atoms with van der Waals surface area (Å²) >= 11 is 0. The number of nitrogens with zero attached hydrogens (tertiary/aromatic N) is 4. The van der Waals surface area contributed by atoms with Gasteiger partial charge in [0.1, 0.15) is 0 Å². The zero-order valence-corrected chi connectivity index (χ0v) is 22.2. The number of carbonyl (C=O) groups is 1. The summed E-state index contributed by atoms with van der Waals surface area (Å²) in [5.41, 5.74) is -4.38. The number of sulfonamides is 2. The number of aliphatic hydroxyl groups excluding tert-OH is 4. The van der Waals surface area contributed by atoms with Crippen LogP contribution in [0.1, 0.15) is 15.9 Å². The minimum atomic E-state index is -4.62. The Morgan fingerprint density at radius 2 is 0.925 bits per heavy atom. The lowest BCUT2D eigenvalue weighted by molar-refractivity contribution is -0.386. The zero-order chi connectivity index (χ0) is 30.0. The van der Waals surface area contributed by atoms with Crippen molar-refractivity contribution in [2.24, 2.45) is 0 Å². The molecule has 0 amide bonds. The molecule has 0 bridgehead atoms. The van der Waals surface area contributed by atoms with Gasteiger partial charge in [0.2, 0.25) is 20.0 Å². The van der Waals surface area contributed by atoms with E-state index in [9.17, 15) is 62.3 Å². The predicted octanol–water partition coefficient (Wildman–Crippen LogP) is -1.33. The average Bonchev–Trinajstić information content (AvgIpc) is 3.18. The molecule has 0 aliphatic heterocycles. The fourth-order valence-corrected chi connectivity index (χ4v) is 7.20. The summed E-state index contributed by atoms with van der Waals surface area (Å²) in [6.07, 6.45) is 0. The van der Waals surface area contributed by atoms with Crippen molar-refractivity contribution in [1.29, 1.82) is 0 Å². The van der Waals surface area contributed by atoms with Gasteiger partial charge in [-0.3, -0.25) is 25.0 Å². The van der Waals surface area contributed by atoms with Crippen LogP contribution in [0.15, 0.2) is 34.1 Å². The second kappa shape index (κ2) is 12.0. The number of aliphatic hydroxyl groups is 4. The molecule has 1 aliphatic carbocycles. The zero-order valence-electron chi connectivity index (χ0n) is 20.5. The van der Waals surface area contributed by atoms with Crippen molar-refractivity contribution in [1.82, 2.24) is 8.61 Å². The number of hydrogen-bond donors (Lipinski definition) is 4. The maximum atomic E-state index is 13.4. The number of benzene rings is 2. The molecule has 2 aromatic carbocycles. The molecule has 19 heteroatoms. The van der Waals surface area contributed by atoms with Gasteiger partial charge in [0.15, 0.2) is 5.78 Å². The van der Waals surface area contributed by atoms with Gasteiger partial charge < -0.3 is 20.4 Å². The van der Waals surface area contributed by atoms with Crippen LogP contribution in [-0.2, 0) is 20.0 Å². The Hall–Kier alpha value is -3.43.